The summed E-state index contributed by atoms with van der Waals surface area (Å²) in [4.78, 5) is 23.7. The number of anilines is 2. The maximum Gasteiger partial charge on any atom is 0.416 e. The van der Waals surface area contributed by atoms with Crippen LogP contribution in [-0.2, 0) is 15.8 Å². The molecule has 26 heavy (non-hydrogen) atoms. The van der Waals surface area contributed by atoms with E-state index >= 15 is 0 Å². The van der Waals surface area contributed by atoms with Crippen LogP contribution in [0.4, 0.5) is 24.5 Å². The second kappa shape index (κ2) is 7.89. The van der Waals surface area contributed by atoms with Gasteiger partial charge in [-0.1, -0.05) is 11.6 Å². The van der Waals surface area contributed by atoms with Crippen molar-refractivity contribution in [2.75, 3.05) is 10.6 Å². The first-order valence-corrected chi connectivity index (χ1v) is 7.53. The normalized spacial score (nSPS) is 10.7. The lowest BCUT2D eigenvalue weighted by atomic mass is 10.2. The molecule has 0 atom stereocenters. The molecular weight excluding hydrogens is 371 g/mol. The summed E-state index contributed by atoms with van der Waals surface area (Å²) in [5, 5.41) is 13.2. The Morgan fingerprint density at radius 2 is 1.65 bits per heavy atom. The van der Waals surface area contributed by atoms with Gasteiger partial charge in [-0.05, 0) is 42.5 Å². The third-order valence-electron chi connectivity index (χ3n) is 3.19. The molecule has 0 bridgehead atoms. The van der Waals surface area contributed by atoms with Crippen LogP contribution in [0.15, 0.2) is 42.5 Å². The minimum atomic E-state index is -4.59. The topological polar surface area (TPSA) is 82.0 Å². The number of amides is 2. The van der Waals surface area contributed by atoms with Crippen molar-refractivity contribution in [1.82, 2.24) is 0 Å². The minimum absolute atomic E-state index is 0.0844. The summed E-state index contributed by atoms with van der Waals surface area (Å²) in [6, 6.07) is 10.3. The van der Waals surface area contributed by atoms with Crippen molar-refractivity contribution in [2.45, 2.75) is 12.6 Å². The Hall–Kier alpha value is -3.05. The fraction of sp³-hybridized carbons (Fsp3) is 0.118. The van der Waals surface area contributed by atoms with Gasteiger partial charge >= 0.3 is 6.18 Å². The molecule has 0 aliphatic heterocycles. The number of nitrogens with one attached hydrogen (secondary N) is 2. The van der Waals surface area contributed by atoms with E-state index in [2.05, 4.69) is 10.6 Å². The number of nitriles is 1. The number of nitrogens with zero attached hydrogens (tertiary/aromatic N) is 1. The number of rotatable bonds is 4. The van der Waals surface area contributed by atoms with E-state index < -0.39 is 30.0 Å². The van der Waals surface area contributed by atoms with Crippen molar-refractivity contribution in [3.8, 4) is 6.07 Å². The van der Waals surface area contributed by atoms with Crippen molar-refractivity contribution < 1.29 is 22.8 Å². The lowest BCUT2D eigenvalue weighted by Gasteiger charge is -2.11. The van der Waals surface area contributed by atoms with E-state index in [1.165, 1.54) is 24.3 Å². The van der Waals surface area contributed by atoms with E-state index in [-0.39, 0.29) is 10.7 Å². The van der Waals surface area contributed by atoms with Crippen LogP contribution in [0.1, 0.15) is 17.5 Å². The summed E-state index contributed by atoms with van der Waals surface area (Å²) in [7, 11) is 0. The summed E-state index contributed by atoms with van der Waals surface area (Å²) in [6.45, 7) is 0. The molecule has 134 valence electrons. The van der Waals surface area contributed by atoms with Crippen LogP contribution < -0.4 is 10.6 Å². The Bertz CT molecular complexity index is 874. The highest BCUT2D eigenvalue weighted by molar-refractivity contribution is 6.33. The van der Waals surface area contributed by atoms with Gasteiger partial charge in [-0.3, -0.25) is 9.59 Å². The van der Waals surface area contributed by atoms with Crippen LogP contribution >= 0.6 is 11.6 Å². The number of benzene rings is 2. The molecule has 9 heteroatoms. The summed E-state index contributed by atoms with van der Waals surface area (Å²) in [6.07, 6.45) is -5.20. The molecule has 0 saturated carbocycles. The molecule has 2 amide bonds. The second-order valence-corrected chi connectivity index (χ2v) is 5.56. The highest BCUT2D eigenvalue weighted by Gasteiger charge is 2.31. The van der Waals surface area contributed by atoms with Gasteiger partial charge in [0, 0.05) is 5.69 Å². The van der Waals surface area contributed by atoms with E-state index in [0.29, 0.717) is 17.3 Å². The Morgan fingerprint density at radius 1 is 1.04 bits per heavy atom. The maximum atomic E-state index is 12.7. The second-order valence-electron chi connectivity index (χ2n) is 5.15. The fourth-order valence-corrected chi connectivity index (χ4v) is 2.14. The van der Waals surface area contributed by atoms with Gasteiger partial charge in [0.05, 0.1) is 27.9 Å². The number of hydrogen-bond acceptors (Lipinski definition) is 3. The van der Waals surface area contributed by atoms with Crippen LogP contribution in [0.25, 0.3) is 0 Å². The van der Waals surface area contributed by atoms with Gasteiger partial charge < -0.3 is 10.6 Å². The van der Waals surface area contributed by atoms with Crippen molar-refractivity contribution in [1.29, 1.82) is 5.26 Å². The lowest BCUT2D eigenvalue weighted by Crippen LogP contribution is -2.21. The van der Waals surface area contributed by atoms with Crippen LogP contribution in [0.5, 0.6) is 0 Å². The molecule has 0 heterocycles. The van der Waals surface area contributed by atoms with Crippen molar-refractivity contribution >= 4 is 34.8 Å². The predicted molar refractivity (Wildman–Crippen MR) is 89.5 cm³/mol. The van der Waals surface area contributed by atoms with Crippen molar-refractivity contribution in [3.63, 3.8) is 0 Å². The average molecular weight is 382 g/mol. The van der Waals surface area contributed by atoms with E-state index in [1.807, 2.05) is 6.07 Å². The summed E-state index contributed by atoms with van der Waals surface area (Å²) in [5.41, 5.74) is -0.435. The van der Waals surface area contributed by atoms with E-state index in [4.69, 9.17) is 16.9 Å². The average Bonchev–Trinajstić information content (AvgIpc) is 2.56. The first kappa shape index (κ1) is 19.3. The summed E-state index contributed by atoms with van der Waals surface area (Å²) in [5.74, 6) is -1.49. The van der Waals surface area contributed by atoms with Crippen LogP contribution in [-0.4, -0.2) is 11.8 Å². The van der Waals surface area contributed by atoms with Gasteiger partial charge in [0.15, 0.2) is 0 Å². The zero-order valence-corrected chi connectivity index (χ0v) is 13.8. The number of alkyl halides is 3. The lowest BCUT2D eigenvalue weighted by molar-refractivity contribution is -0.137. The predicted octanol–water partition coefficient (Wildman–Crippen LogP) is 4.20. The number of carbonyl (C=O) groups is 2. The number of halogens is 4. The van der Waals surface area contributed by atoms with Gasteiger partial charge in [-0.2, -0.15) is 18.4 Å². The minimum Gasteiger partial charge on any atom is -0.326 e. The molecule has 0 unspecified atom stereocenters. The van der Waals surface area contributed by atoms with E-state index in [1.54, 1.807) is 0 Å². The molecule has 0 aromatic heterocycles. The SMILES string of the molecule is N#Cc1ccc(NC(=O)CC(=O)Nc2cc(C(F)(F)F)ccc2Cl)cc1. The third kappa shape index (κ3) is 5.22. The Kier molecular flexibility index (Phi) is 5.85. The molecule has 0 radical (unpaired) electrons. The van der Waals surface area contributed by atoms with E-state index in [9.17, 15) is 22.8 Å². The fourth-order valence-electron chi connectivity index (χ4n) is 1.97. The first-order chi connectivity index (χ1) is 12.2. The molecule has 0 saturated heterocycles. The Morgan fingerprint density at radius 3 is 2.23 bits per heavy atom. The number of hydrogen-bond donors (Lipinski definition) is 2. The summed E-state index contributed by atoms with van der Waals surface area (Å²) < 4.78 is 38.1. The largest absolute Gasteiger partial charge is 0.416 e. The van der Waals surface area contributed by atoms with Gasteiger partial charge in [-0.25, -0.2) is 0 Å². The zero-order valence-electron chi connectivity index (χ0n) is 13.0. The van der Waals surface area contributed by atoms with Crippen LogP contribution in [0.2, 0.25) is 5.02 Å². The quantitative estimate of drug-likeness (QED) is 0.779. The van der Waals surface area contributed by atoms with Crippen molar-refractivity contribution in [2.24, 2.45) is 0 Å². The Balaban J connectivity index is 1.99. The third-order valence-corrected chi connectivity index (χ3v) is 3.52. The van der Waals surface area contributed by atoms with Gasteiger partial charge in [0.25, 0.3) is 0 Å². The molecule has 0 fully saturated rings. The smallest absolute Gasteiger partial charge is 0.326 e. The highest BCUT2D eigenvalue weighted by atomic mass is 35.5. The zero-order chi connectivity index (χ0) is 19.3. The maximum absolute atomic E-state index is 12.7. The summed E-state index contributed by atoms with van der Waals surface area (Å²) >= 11 is 5.78. The molecule has 2 rings (SSSR count). The Labute approximate surface area is 151 Å². The molecule has 2 N–H and O–H groups in total. The van der Waals surface area contributed by atoms with Gasteiger partial charge in [-0.15, -0.1) is 0 Å². The van der Waals surface area contributed by atoms with E-state index in [0.717, 1.165) is 12.1 Å². The van der Waals surface area contributed by atoms with Crippen LogP contribution in [0.3, 0.4) is 0 Å². The molecule has 5 nitrogen and oxygen atoms in total. The standard InChI is InChI=1S/C17H11ClF3N3O2/c18-13-6-3-11(17(19,20)21)7-14(13)24-16(26)8-15(25)23-12-4-1-10(9-22)2-5-12/h1-7H,8H2,(H,23,25)(H,24,26). The molecule has 0 spiro atoms. The van der Waals surface area contributed by atoms with Crippen molar-refractivity contribution in [3.05, 3.63) is 58.6 Å². The molecule has 0 aliphatic rings. The molecule has 2 aromatic rings. The highest BCUT2D eigenvalue weighted by Crippen LogP contribution is 2.33. The van der Waals surface area contributed by atoms with Gasteiger partial charge in [0.2, 0.25) is 11.8 Å². The number of carbonyl (C=O) groups excluding carboxylic acids is 2. The monoisotopic (exact) mass is 381 g/mol. The first-order valence-electron chi connectivity index (χ1n) is 7.15. The molecule has 2 aromatic carbocycles. The van der Waals surface area contributed by atoms with Crippen LogP contribution in [0, 0.1) is 11.3 Å². The van der Waals surface area contributed by atoms with Gasteiger partial charge in [0.1, 0.15) is 6.42 Å². The molecular formula is C17H11ClF3N3O2. The molecule has 0 aliphatic carbocycles.